The van der Waals surface area contributed by atoms with Gasteiger partial charge in [0.05, 0.1) is 0 Å². The van der Waals surface area contributed by atoms with E-state index in [4.69, 9.17) is 0 Å². The highest BCUT2D eigenvalue weighted by molar-refractivity contribution is 5.99. The minimum atomic E-state index is -0.589. The van der Waals surface area contributed by atoms with Crippen LogP contribution >= 0.6 is 0 Å². The molecule has 1 saturated carbocycles. The normalized spacial score (nSPS) is 26.2. The molecule has 1 saturated heterocycles. The summed E-state index contributed by atoms with van der Waals surface area (Å²) in [6.45, 7) is 6.97. The molecule has 2 fully saturated rings. The Bertz CT molecular complexity index is 373. The van der Waals surface area contributed by atoms with E-state index in [9.17, 15) is 9.59 Å². The van der Waals surface area contributed by atoms with Crippen LogP contribution in [-0.2, 0) is 9.59 Å². The maximum absolute atomic E-state index is 13.0. The summed E-state index contributed by atoms with van der Waals surface area (Å²) in [5.41, 5.74) is -0.589. The van der Waals surface area contributed by atoms with Crippen molar-refractivity contribution in [3.8, 4) is 0 Å². The smallest absolute Gasteiger partial charge is 0.249 e. The molecule has 20 heavy (non-hydrogen) atoms. The van der Waals surface area contributed by atoms with Gasteiger partial charge in [0.15, 0.2) is 0 Å². The molecule has 0 aromatic rings. The van der Waals surface area contributed by atoms with Crippen LogP contribution in [0.15, 0.2) is 0 Å². The Balaban J connectivity index is 2.25. The van der Waals surface area contributed by atoms with E-state index in [1.165, 1.54) is 6.42 Å². The lowest BCUT2D eigenvalue weighted by atomic mass is 9.78. The molecule has 0 aromatic heterocycles. The molecule has 0 aromatic carbocycles. The molecule has 1 heterocycles. The van der Waals surface area contributed by atoms with Crippen molar-refractivity contribution in [2.75, 3.05) is 6.54 Å². The zero-order chi connectivity index (χ0) is 14.8. The molecular formula is C16H28N2O2. The van der Waals surface area contributed by atoms with E-state index in [1.807, 2.05) is 4.90 Å². The number of carbonyl (C=O) groups excluding carboxylic acids is 2. The molecular weight excluding hydrogens is 252 g/mol. The lowest BCUT2D eigenvalue weighted by Crippen LogP contribution is -2.71. The minimum absolute atomic E-state index is 0.0639. The third kappa shape index (κ3) is 2.84. The molecule has 1 N–H and O–H groups in total. The molecule has 1 aliphatic heterocycles. The summed E-state index contributed by atoms with van der Waals surface area (Å²) in [5, 5.41) is 3.09. The lowest BCUT2D eigenvalue weighted by Gasteiger charge is -2.48. The molecule has 114 valence electrons. The van der Waals surface area contributed by atoms with Crippen LogP contribution in [0.25, 0.3) is 0 Å². The highest BCUT2D eigenvalue weighted by atomic mass is 16.2. The standard InChI is InChI=1S/C16H28N2O2/c1-4-8-13-14(19)17-16(9-6-5-7-10-16)15(20)18(13)11-12(2)3/h12-13H,4-11H2,1-3H3,(H,17,19). The van der Waals surface area contributed by atoms with E-state index in [1.54, 1.807) is 0 Å². The average Bonchev–Trinajstić information content (AvgIpc) is 2.41. The maximum atomic E-state index is 13.0. The highest BCUT2D eigenvalue weighted by Crippen LogP contribution is 2.34. The van der Waals surface area contributed by atoms with Crippen LogP contribution in [0.3, 0.4) is 0 Å². The second-order valence-electron chi connectivity index (χ2n) is 6.79. The monoisotopic (exact) mass is 280 g/mol. The van der Waals surface area contributed by atoms with Gasteiger partial charge in [-0.25, -0.2) is 0 Å². The zero-order valence-electron chi connectivity index (χ0n) is 13.1. The van der Waals surface area contributed by atoms with Gasteiger partial charge >= 0.3 is 0 Å². The number of rotatable bonds is 4. The van der Waals surface area contributed by atoms with Gasteiger partial charge in [0.25, 0.3) is 0 Å². The highest BCUT2D eigenvalue weighted by Gasteiger charge is 2.50. The van der Waals surface area contributed by atoms with Gasteiger partial charge in [0.2, 0.25) is 11.8 Å². The van der Waals surface area contributed by atoms with Crippen LogP contribution in [0, 0.1) is 5.92 Å². The van der Waals surface area contributed by atoms with Crippen LogP contribution in [0.4, 0.5) is 0 Å². The molecule has 2 amide bonds. The van der Waals surface area contributed by atoms with Crippen molar-refractivity contribution >= 4 is 11.8 Å². The Hall–Kier alpha value is -1.06. The van der Waals surface area contributed by atoms with Gasteiger partial charge < -0.3 is 10.2 Å². The van der Waals surface area contributed by atoms with Crippen LogP contribution in [0.5, 0.6) is 0 Å². The molecule has 0 radical (unpaired) electrons. The number of nitrogens with zero attached hydrogens (tertiary/aromatic N) is 1. The van der Waals surface area contributed by atoms with Gasteiger partial charge in [-0.05, 0) is 25.2 Å². The fourth-order valence-electron chi connectivity index (χ4n) is 3.59. The van der Waals surface area contributed by atoms with E-state index in [0.717, 1.165) is 38.5 Å². The summed E-state index contributed by atoms with van der Waals surface area (Å²) in [6.07, 6.45) is 6.57. The summed E-state index contributed by atoms with van der Waals surface area (Å²) < 4.78 is 0. The number of piperazine rings is 1. The quantitative estimate of drug-likeness (QED) is 0.860. The SMILES string of the molecule is CCCC1C(=O)NC2(CCCCC2)C(=O)N1CC(C)C. The largest absolute Gasteiger partial charge is 0.340 e. The number of hydrogen-bond acceptors (Lipinski definition) is 2. The van der Waals surface area contributed by atoms with Crippen molar-refractivity contribution in [3.63, 3.8) is 0 Å². The van der Waals surface area contributed by atoms with Crippen molar-refractivity contribution in [1.82, 2.24) is 10.2 Å². The second-order valence-corrected chi connectivity index (χ2v) is 6.79. The minimum Gasteiger partial charge on any atom is -0.340 e. The van der Waals surface area contributed by atoms with Crippen LogP contribution in [0.1, 0.15) is 65.7 Å². The van der Waals surface area contributed by atoms with Crippen molar-refractivity contribution in [2.45, 2.75) is 77.3 Å². The summed E-state index contributed by atoms with van der Waals surface area (Å²) in [6, 6.07) is -0.262. The Morgan fingerprint density at radius 3 is 2.45 bits per heavy atom. The first-order chi connectivity index (χ1) is 9.50. The van der Waals surface area contributed by atoms with Gasteiger partial charge in [0.1, 0.15) is 11.6 Å². The molecule has 2 aliphatic rings. The number of hydrogen-bond donors (Lipinski definition) is 1. The van der Waals surface area contributed by atoms with Gasteiger partial charge in [0, 0.05) is 6.54 Å². The summed E-state index contributed by atoms with van der Waals surface area (Å²) in [4.78, 5) is 27.3. The molecule has 4 nitrogen and oxygen atoms in total. The number of amides is 2. The summed E-state index contributed by atoms with van der Waals surface area (Å²) in [7, 11) is 0. The zero-order valence-corrected chi connectivity index (χ0v) is 13.1. The van der Waals surface area contributed by atoms with E-state index >= 15 is 0 Å². The first-order valence-corrected chi connectivity index (χ1v) is 8.13. The summed E-state index contributed by atoms with van der Waals surface area (Å²) >= 11 is 0. The van der Waals surface area contributed by atoms with Crippen molar-refractivity contribution in [3.05, 3.63) is 0 Å². The molecule has 2 rings (SSSR count). The van der Waals surface area contributed by atoms with Gasteiger partial charge in [-0.15, -0.1) is 0 Å². The third-order valence-electron chi connectivity index (χ3n) is 4.54. The summed E-state index contributed by atoms with van der Waals surface area (Å²) in [5.74, 6) is 0.628. The fraction of sp³-hybridized carbons (Fsp3) is 0.875. The maximum Gasteiger partial charge on any atom is 0.249 e. The molecule has 1 spiro atoms. The molecule has 1 unspecified atom stereocenters. The van der Waals surface area contributed by atoms with Gasteiger partial charge in [-0.1, -0.05) is 46.5 Å². The van der Waals surface area contributed by atoms with Crippen molar-refractivity contribution < 1.29 is 9.59 Å². The van der Waals surface area contributed by atoms with Gasteiger partial charge in [-0.2, -0.15) is 0 Å². The molecule has 4 heteroatoms. The third-order valence-corrected chi connectivity index (χ3v) is 4.54. The topological polar surface area (TPSA) is 49.4 Å². The van der Waals surface area contributed by atoms with E-state index in [2.05, 4.69) is 26.1 Å². The average molecular weight is 280 g/mol. The van der Waals surface area contributed by atoms with Crippen LogP contribution in [-0.4, -0.2) is 34.8 Å². The lowest BCUT2D eigenvalue weighted by molar-refractivity contribution is -0.157. The first-order valence-electron chi connectivity index (χ1n) is 8.13. The van der Waals surface area contributed by atoms with Gasteiger partial charge in [-0.3, -0.25) is 9.59 Å². The van der Waals surface area contributed by atoms with Crippen LogP contribution < -0.4 is 5.32 Å². The Labute approximate surface area is 122 Å². The molecule has 1 aliphatic carbocycles. The predicted molar refractivity (Wildman–Crippen MR) is 79.2 cm³/mol. The van der Waals surface area contributed by atoms with E-state index in [0.29, 0.717) is 12.5 Å². The Morgan fingerprint density at radius 1 is 1.25 bits per heavy atom. The second kappa shape index (κ2) is 6.15. The van der Waals surface area contributed by atoms with Crippen LogP contribution in [0.2, 0.25) is 0 Å². The Kier molecular flexibility index (Phi) is 4.71. The Morgan fingerprint density at radius 2 is 1.90 bits per heavy atom. The number of carbonyl (C=O) groups is 2. The molecule has 1 atom stereocenters. The first kappa shape index (κ1) is 15.3. The van der Waals surface area contributed by atoms with Crippen molar-refractivity contribution in [2.24, 2.45) is 5.92 Å². The number of nitrogens with one attached hydrogen (secondary N) is 1. The van der Waals surface area contributed by atoms with E-state index < -0.39 is 5.54 Å². The van der Waals surface area contributed by atoms with Crippen molar-refractivity contribution in [1.29, 1.82) is 0 Å². The fourth-order valence-corrected chi connectivity index (χ4v) is 3.59. The molecule has 0 bridgehead atoms. The predicted octanol–water partition coefficient (Wildman–Crippen LogP) is 2.47. The van der Waals surface area contributed by atoms with E-state index in [-0.39, 0.29) is 17.9 Å².